The van der Waals surface area contributed by atoms with Crippen LogP contribution in [0.25, 0.3) is 0 Å². The highest BCUT2D eigenvalue weighted by Gasteiger charge is 2.08. The van der Waals surface area contributed by atoms with Gasteiger partial charge in [-0.05, 0) is 26.4 Å². The van der Waals surface area contributed by atoms with Gasteiger partial charge >= 0.3 is 0 Å². The molecule has 0 aliphatic carbocycles. The maximum Gasteiger partial charge on any atom is 0.122 e. The number of likely N-dealkylation sites (N-methyl/N-ethyl adjacent to an activating group) is 1. The number of hydrogen-bond acceptors (Lipinski definition) is 3. The molecule has 0 bridgehead atoms. The van der Waals surface area contributed by atoms with E-state index in [1.165, 1.54) is 0 Å². The quantitative estimate of drug-likeness (QED) is 0.731. The van der Waals surface area contributed by atoms with Gasteiger partial charge in [0.1, 0.15) is 5.82 Å². The Morgan fingerprint density at radius 1 is 1.33 bits per heavy atom. The lowest BCUT2D eigenvalue weighted by Gasteiger charge is -2.23. The first-order valence-electron chi connectivity index (χ1n) is 7.16. The average Bonchev–Trinajstić information content (AvgIpc) is 2.81. The van der Waals surface area contributed by atoms with Crippen molar-refractivity contribution in [1.29, 1.82) is 0 Å². The van der Waals surface area contributed by atoms with Gasteiger partial charge in [0.05, 0.1) is 6.54 Å². The summed E-state index contributed by atoms with van der Waals surface area (Å²) in [5.74, 6) is 1.14. The molecule has 4 heteroatoms. The Bertz CT molecular complexity index is 317. The number of nitrogens with zero attached hydrogens (tertiary/aromatic N) is 3. The number of aromatic nitrogens is 2. The van der Waals surface area contributed by atoms with E-state index in [9.17, 15) is 0 Å². The van der Waals surface area contributed by atoms with Crippen LogP contribution in [0.5, 0.6) is 0 Å². The van der Waals surface area contributed by atoms with E-state index < -0.39 is 0 Å². The van der Waals surface area contributed by atoms with Gasteiger partial charge in [0.15, 0.2) is 0 Å². The third-order valence-electron chi connectivity index (χ3n) is 3.30. The minimum Gasteiger partial charge on any atom is -0.334 e. The molecule has 1 N–H and O–H groups in total. The maximum absolute atomic E-state index is 4.41. The van der Waals surface area contributed by atoms with E-state index in [0.717, 1.165) is 45.0 Å². The molecule has 1 heterocycles. The SMILES string of the molecule is CCCn1ccnc1CNC(C)CN(CC)CC. The maximum atomic E-state index is 4.41. The summed E-state index contributed by atoms with van der Waals surface area (Å²) >= 11 is 0. The summed E-state index contributed by atoms with van der Waals surface area (Å²) in [6.45, 7) is 14.1. The van der Waals surface area contributed by atoms with Crippen LogP contribution in [-0.2, 0) is 13.1 Å². The predicted molar refractivity (Wildman–Crippen MR) is 76.6 cm³/mol. The van der Waals surface area contributed by atoms with Crippen molar-refractivity contribution in [3.05, 3.63) is 18.2 Å². The van der Waals surface area contributed by atoms with E-state index in [4.69, 9.17) is 0 Å². The van der Waals surface area contributed by atoms with E-state index in [1.807, 2.05) is 6.20 Å². The van der Waals surface area contributed by atoms with Crippen LogP contribution in [0.15, 0.2) is 12.4 Å². The molecule has 0 saturated heterocycles. The van der Waals surface area contributed by atoms with Crippen LogP contribution in [0.2, 0.25) is 0 Å². The van der Waals surface area contributed by atoms with Crippen molar-refractivity contribution in [1.82, 2.24) is 19.8 Å². The van der Waals surface area contributed by atoms with Crippen LogP contribution in [-0.4, -0.2) is 40.1 Å². The molecule has 18 heavy (non-hydrogen) atoms. The molecule has 0 aromatic carbocycles. The molecule has 1 rings (SSSR count). The first-order valence-corrected chi connectivity index (χ1v) is 7.16. The van der Waals surface area contributed by atoms with E-state index in [0.29, 0.717) is 6.04 Å². The first-order chi connectivity index (χ1) is 8.71. The molecule has 0 aliphatic heterocycles. The third kappa shape index (κ3) is 4.78. The van der Waals surface area contributed by atoms with Gasteiger partial charge in [-0.1, -0.05) is 20.8 Å². The van der Waals surface area contributed by atoms with Gasteiger partial charge in [-0.25, -0.2) is 4.98 Å². The normalized spacial score (nSPS) is 13.2. The third-order valence-corrected chi connectivity index (χ3v) is 3.30. The average molecular weight is 252 g/mol. The summed E-state index contributed by atoms with van der Waals surface area (Å²) in [5, 5.41) is 3.56. The van der Waals surface area contributed by atoms with Gasteiger partial charge in [0.2, 0.25) is 0 Å². The Balaban J connectivity index is 2.37. The van der Waals surface area contributed by atoms with Crippen molar-refractivity contribution < 1.29 is 0 Å². The second-order valence-electron chi connectivity index (χ2n) is 4.80. The van der Waals surface area contributed by atoms with Gasteiger partial charge in [-0.15, -0.1) is 0 Å². The molecule has 104 valence electrons. The summed E-state index contributed by atoms with van der Waals surface area (Å²) in [5.41, 5.74) is 0. The van der Waals surface area contributed by atoms with Crippen molar-refractivity contribution in [2.24, 2.45) is 0 Å². The zero-order chi connectivity index (χ0) is 13.4. The molecule has 0 saturated carbocycles. The summed E-state index contributed by atoms with van der Waals surface area (Å²) in [6, 6.07) is 0.497. The number of hydrogen-bond donors (Lipinski definition) is 1. The molecule has 0 radical (unpaired) electrons. The lowest BCUT2D eigenvalue weighted by Crippen LogP contribution is -2.39. The number of rotatable bonds is 9. The highest BCUT2D eigenvalue weighted by Crippen LogP contribution is 2.00. The van der Waals surface area contributed by atoms with Crippen LogP contribution < -0.4 is 5.32 Å². The lowest BCUT2D eigenvalue weighted by atomic mass is 10.3. The fourth-order valence-corrected chi connectivity index (χ4v) is 2.15. The fraction of sp³-hybridized carbons (Fsp3) is 0.786. The van der Waals surface area contributed by atoms with E-state index in [2.05, 4.69) is 53.7 Å². The minimum atomic E-state index is 0.497. The van der Waals surface area contributed by atoms with Crippen LogP contribution >= 0.6 is 0 Å². The van der Waals surface area contributed by atoms with E-state index in [1.54, 1.807) is 0 Å². The molecule has 1 unspecified atom stereocenters. The van der Waals surface area contributed by atoms with Gasteiger partial charge in [0.25, 0.3) is 0 Å². The van der Waals surface area contributed by atoms with Crippen molar-refractivity contribution in [3.63, 3.8) is 0 Å². The molecular formula is C14H28N4. The zero-order valence-corrected chi connectivity index (χ0v) is 12.3. The molecule has 1 aromatic rings. The van der Waals surface area contributed by atoms with E-state index >= 15 is 0 Å². The van der Waals surface area contributed by atoms with Gasteiger partial charge in [-0.3, -0.25) is 0 Å². The minimum absolute atomic E-state index is 0.497. The van der Waals surface area contributed by atoms with Crippen LogP contribution in [0.3, 0.4) is 0 Å². The second-order valence-corrected chi connectivity index (χ2v) is 4.80. The fourth-order valence-electron chi connectivity index (χ4n) is 2.15. The Hall–Kier alpha value is -0.870. The molecule has 1 atom stereocenters. The van der Waals surface area contributed by atoms with Crippen molar-refractivity contribution >= 4 is 0 Å². The zero-order valence-electron chi connectivity index (χ0n) is 12.3. The van der Waals surface area contributed by atoms with Gasteiger partial charge in [-0.2, -0.15) is 0 Å². The van der Waals surface area contributed by atoms with E-state index in [-0.39, 0.29) is 0 Å². The van der Waals surface area contributed by atoms with Crippen molar-refractivity contribution in [3.8, 4) is 0 Å². The smallest absolute Gasteiger partial charge is 0.122 e. The summed E-state index contributed by atoms with van der Waals surface area (Å²) in [6.07, 6.45) is 5.11. The van der Waals surface area contributed by atoms with Crippen LogP contribution in [0.4, 0.5) is 0 Å². The Kier molecular flexibility index (Phi) is 6.98. The van der Waals surface area contributed by atoms with Crippen molar-refractivity contribution in [2.45, 2.75) is 53.2 Å². The van der Waals surface area contributed by atoms with Crippen LogP contribution in [0, 0.1) is 0 Å². The molecule has 0 spiro atoms. The molecule has 0 amide bonds. The predicted octanol–water partition coefficient (Wildman–Crippen LogP) is 2.11. The summed E-state index contributed by atoms with van der Waals surface area (Å²) < 4.78 is 2.23. The number of aryl methyl sites for hydroxylation is 1. The largest absolute Gasteiger partial charge is 0.334 e. The number of nitrogens with one attached hydrogen (secondary N) is 1. The Morgan fingerprint density at radius 3 is 2.67 bits per heavy atom. The van der Waals surface area contributed by atoms with Gasteiger partial charge < -0.3 is 14.8 Å². The Labute approximate surface area is 111 Å². The second kappa shape index (κ2) is 8.27. The summed E-state index contributed by atoms with van der Waals surface area (Å²) in [7, 11) is 0. The highest BCUT2D eigenvalue weighted by molar-refractivity contribution is 4.92. The molecule has 0 fully saturated rings. The Morgan fingerprint density at radius 2 is 2.06 bits per heavy atom. The van der Waals surface area contributed by atoms with Crippen LogP contribution in [0.1, 0.15) is 39.9 Å². The standard InChI is InChI=1S/C14H28N4/c1-5-9-18-10-8-15-14(18)11-16-13(4)12-17(6-2)7-3/h8,10,13,16H,5-7,9,11-12H2,1-4H3. The topological polar surface area (TPSA) is 33.1 Å². The molecule has 0 aliphatic rings. The first kappa shape index (κ1) is 15.2. The van der Waals surface area contributed by atoms with Crippen molar-refractivity contribution in [2.75, 3.05) is 19.6 Å². The highest BCUT2D eigenvalue weighted by atomic mass is 15.1. The lowest BCUT2D eigenvalue weighted by molar-refractivity contribution is 0.269. The monoisotopic (exact) mass is 252 g/mol. The molecule has 4 nitrogen and oxygen atoms in total. The summed E-state index contributed by atoms with van der Waals surface area (Å²) in [4.78, 5) is 6.85. The molecular weight excluding hydrogens is 224 g/mol. The molecule has 1 aromatic heterocycles. The van der Waals surface area contributed by atoms with Gasteiger partial charge in [0, 0.05) is 31.5 Å². The number of imidazole rings is 1.